The Labute approximate surface area is 130 Å². The summed E-state index contributed by atoms with van der Waals surface area (Å²) in [6.07, 6.45) is 3.13. The molecule has 0 saturated heterocycles. The highest BCUT2D eigenvalue weighted by Gasteiger charge is 2.16. The lowest BCUT2D eigenvalue weighted by Crippen LogP contribution is -2.20. The predicted molar refractivity (Wildman–Crippen MR) is 87.0 cm³/mol. The fourth-order valence-electron chi connectivity index (χ4n) is 2.74. The Bertz CT molecular complexity index is 609. The lowest BCUT2D eigenvalue weighted by atomic mass is 10.0. The van der Waals surface area contributed by atoms with Crippen LogP contribution < -0.4 is 10.1 Å². The molecule has 0 bridgehead atoms. The number of benzene rings is 1. The first kappa shape index (κ1) is 14.5. The Balaban J connectivity index is 1.67. The van der Waals surface area contributed by atoms with E-state index < -0.39 is 0 Å². The van der Waals surface area contributed by atoms with Crippen molar-refractivity contribution in [2.24, 2.45) is 0 Å². The third kappa shape index (κ3) is 3.27. The molecule has 1 aliphatic rings. The van der Waals surface area contributed by atoms with Gasteiger partial charge >= 0.3 is 0 Å². The molecule has 2 heterocycles. The van der Waals surface area contributed by atoms with Crippen LogP contribution in [0.2, 0.25) is 0 Å². The SMILES string of the molecule is CCc1nc(CN[C@@H](CC)c2ccc3c(c2)CCO3)cs1. The first-order chi connectivity index (χ1) is 10.3. The van der Waals surface area contributed by atoms with Crippen molar-refractivity contribution in [3.8, 4) is 5.75 Å². The van der Waals surface area contributed by atoms with Crippen LogP contribution in [0.25, 0.3) is 0 Å². The van der Waals surface area contributed by atoms with E-state index in [0.717, 1.165) is 43.9 Å². The third-order valence-corrected chi connectivity index (χ3v) is 5.00. The zero-order valence-electron chi connectivity index (χ0n) is 12.7. The zero-order valence-corrected chi connectivity index (χ0v) is 13.5. The van der Waals surface area contributed by atoms with E-state index in [2.05, 4.69) is 47.7 Å². The number of rotatable bonds is 6. The molecule has 1 N–H and O–H groups in total. The Morgan fingerprint density at radius 3 is 3.05 bits per heavy atom. The maximum absolute atomic E-state index is 5.58. The van der Waals surface area contributed by atoms with E-state index in [1.807, 2.05) is 0 Å². The number of hydrogen-bond acceptors (Lipinski definition) is 4. The van der Waals surface area contributed by atoms with Crippen molar-refractivity contribution in [3.05, 3.63) is 45.4 Å². The van der Waals surface area contributed by atoms with E-state index >= 15 is 0 Å². The van der Waals surface area contributed by atoms with Crippen LogP contribution in [0.5, 0.6) is 5.75 Å². The summed E-state index contributed by atoms with van der Waals surface area (Å²) in [5, 5.41) is 7.01. The van der Waals surface area contributed by atoms with Gasteiger partial charge in [-0.05, 0) is 30.0 Å². The third-order valence-electron chi connectivity index (χ3n) is 3.96. The summed E-state index contributed by atoms with van der Waals surface area (Å²) < 4.78 is 5.58. The number of ether oxygens (including phenoxy) is 1. The summed E-state index contributed by atoms with van der Waals surface area (Å²) in [6.45, 7) is 6.03. The minimum absolute atomic E-state index is 0.377. The molecule has 21 heavy (non-hydrogen) atoms. The zero-order chi connectivity index (χ0) is 14.7. The van der Waals surface area contributed by atoms with Crippen molar-refractivity contribution >= 4 is 11.3 Å². The van der Waals surface area contributed by atoms with Crippen molar-refractivity contribution in [1.82, 2.24) is 10.3 Å². The molecule has 1 aliphatic heterocycles. The van der Waals surface area contributed by atoms with Crippen molar-refractivity contribution in [3.63, 3.8) is 0 Å². The molecule has 0 aliphatic carbocycles. The molecule has 112 valence electrons. The molecule has 0 spiro atoms. The van der Waals surface area contributed by atoms with Gasteiger partial charge in [-0.1, -0.05) is 26.0 Å². The summed E-state index contributed by atoms with van der Waals surface area (Å²) in [5.41, 5.74) is 3.85. The molecule has 0 radical (unpaired) electrons. The summed E-state index contributed by atoms with van der Waals surface area (Å²) >= 11 is 1.75. The second kappa shape index (κ2) is 6.58. The van der Waals surface area contributed by atoms with Gasteiger partial charge in [0.25, 0.3) is 0 Å². The number of nitrogens with one attached hydrogen (secondary N) is 1. The van der Waals surface area contributed by atoms with Crippen molar-refractivity contribution in [2.75, 3.05) is 6.61 Å². The number of thiazole rings is 1. The second-order valence-electron chi connectivity index (χ2n) is 5.39. The molecule has 0 amide bonds. The molecule has 3 rings (SSSR count). The molecule has 4 heteroatoms. The van der Waals surface area contributed by atoms with Gasteiger partial charge < -0.3 is 10.1 Å². The van der Waals surface area contributed by atoms with Gasteiger partial charge in [-0.3, -0.25) is 0 Å². The molecule has 1 aromatic carbocycles. The van der Waals surface area contributed by atoms with E-state index in [1.165, 1.54) is 16.1 Å². The standard InChI is InChI=1S/C17H22N2OS/c1-3-15(18-10-14-11-21-17(4-2)19-14)12-5-6-16-13(9-12)7-8-20-16/h5-6,9,11,15,18H,3-4,7-8,10H2,1-2H3/t15-/m0/s1. The maximum atomic E-state index is 5.58. The number of aryl methyl sites for hydroxylation is 1. The quantitative estimate of drug-likeness (QED) is 0.879. The second-order valence-corrected chi connectivity index (χ2v) is 6.34. The van der Waals surface area contributed by atoms with Crippen LogP contribution in [0.15, 0.2) is 23.6 Å². The van der Waals surface area contributed by atoms with Crippen LogP contribution in [0.4, 0.5) is 0 Å². The van der Waals surface area contributed by atoms with E-state index in [-0.39, 0.29) is 0 Å². The highest BCUT2D eigenvalue weighted by atomic mass is 32.1. The minimum Gasteiger partial charge on any atom is -0.493 e. The molecule has 0 fully saturated rings. The Hall–Kier alpha value is -1.39. The van der Waals surface area contributed by atoms with Crippen LogP contribution in [-0.4, -0.2) is 11.6 Å². The van der Waals surface area contributed by atoms with E-state index in [1.54, 1.807) is 11.3 Å². The molecular weight excluding hydrogens is 280 g/mol. The summed E-state index contributed by atoms with van der Waals surface area (Å²) in [7, 11) is 0. The average molecular weight is 302 g/mol. The first-order valence-electron chi connectivity index (χ1n) is 7.72. The van der Waals surface area contributed by atoms with Crippen molar-refractivity contribution in [2.45, 2.75) is 45.7 Å². The van der Waals surface area contributed by atoms with Crippen molar-refractivity contribution < 1.29 is 4.74 Å². The van der Waals surface area contributed by atoms with Gasteiger partial charge in [-0.2, -0.15) is 0 Å². The van der Waals surface area contributed by atoms with Gasteiger partial charge in [0.2, 0.25) is 0 Å². The van der Waals surface area contributed by atoms with E-state index in [4.69, 9.17) is 4.74 Å². The monoisotopic (exact) mass is 302 g/mol. The van der Waals surface area contributed by atoms with Gasteiger partial charge in [0.05, 0.1) is 17.3 Å². The smallest absolute Gasteiger partial charge is 0.122 e. The van der Waals surface area contributed by atoms with Crippen LogP contribution >= 0.6 is 11.3 Å². The summed E-state index contributed by atoms with van der Waals surface area (Å²) in [6, 6.07) is 6.97. The average Bonchev–Trinajstić information content (AvgIpc) is 3.16. The molecule has 1 atom stereocenters. The topological polar surface area (TPSA) is 34.2 Å². The van der Waals surface area contributed by atoms with Crippen LogP contribution in [0, 0.1) is 0 Å². The number of nitrogens with zero attached hydrogens (tertiary/aromatic N) is 1. The van der Waals surface area contributed by atoms with Crippen LogP contribution in [0.1, 0.15) is 48.1 Å². The molecule has 1 aromatic heterocycles. The summed E-state index contributed by atoms with van der Waals surface area (Å²) in [5.74, 6) is 1.06. The Kier molecular flexibility index (Phi) is 4.56. The first-order valence-corrected chi connectivity index (χ1v) is 8.60. The lowest BCUT2D eigenvalue weighted by molar-refractivity contribution is 0.356. The number of aromatic nitrogens is 1. The Morgan fingerprint density at radius 2 is 2.29 bits per heavy atom. The maximum Gasteiger partial charge on any atom is 0.122 e. The molecular formula is C17H22N2OS. The molecule has 0 unspecified atom stereocenters. The Morgan fingerprint density at radius 1 is 1.38 bits per heavy atom. The van der Waals surface area contributed by atoms with Gasteiger partial charge in [-0.15, -0.1) is 11.3 Å². The predicted octanol–water partition coefficient (Wildman–Crippen LogP) is 3.88. The highest BCUT2D eigenvalue weighted by Crippen LogP contribution is 2.29. The van der Waals surface area contributed by atoms with E-state index in [9.17, 15) is 0 Å². The van der Waals surface area contributed by atoms with Crippen LogP contribution in [-0.2, 0) is 19.4 Å². The van der Waals surface area contributed by atoms with Crippen LogP contribution in [0.3, 0.4) is 0 Å². The van der Waals surface area contributed by atoms with Gasteiger partial charge in [0.15, 0.2) is 0 Å². The number of hydrogen-bond donors (Lipinski definition) is 1. The minimum atomic E-state index is 0.377. The van der Waals surface area contributed by atoms with Gasteiger partial charge in [-0.25, -0.2) is 4.98 Å². The van der Waals surface area contributed by atoms with Gasteiger partial charge in [0.1, 0.15) is 5.75 Å². The highest BCUT2D eigenvalue weighted by molar-refractivity contribution is 7.09. The lowest BCUT2D eigenvalue weighted by Gasteiger charge is -2.17. The van der Waals surface area contributed by atoms with Gasteiger partial charge in [0, 0.05) is 24.4 Å². The fourth-order valence-corrected chi connectivity index (χ4v) is 3.49. The molecule has 3 nitrogen and oxygen atoms in total. The summed E-state index contributed by atoms with van der Waals surface area (Å²) in [4.78, 5) is 4.62. The molecule has 2 aromatic rings. The number of fused-ring (bicyclic) bond motifs is 1. The molecule has 0 saturated carbocycles. The van der Waals surface area contributed by atoms with E-state index in [0.29, 0.717) is 6.04 Å². The van der Waals surface area contributed by atoms with Crippen molar-refractivity contribution in [1.29, 1.82) is 0 Å². The largest absolute Gasteiger partial charge is 0.493 e. The normalized spacial score (nSPS) is 14.8. The fraction of sp³-hybridized carbons (Fsp3) is 0.471.